The third kappa shape index (κ3) is 3.03. The Balaban J connectivity index is 1.73. The van der Waals surface area contributed by atoms with E-state index in [9.17, 15) is 10.2 Å². The summed E-state index contributed by atoms with van der Waals surface area (Å²) in [5.74, 6) is 0.811. The van der Waals surface area contributed by atoms with Gasteiger partial charge in [0.25, 0.3) is 0 Å². The molecule has 1 aliphatic rings. The van der Waals surface area contributed by atoms with Crippen molar-refractivity contribution < 1.29 is 10.2 Å². The number of nitrogens with zero attached hydrogens (tertiary/aromatic N) is 1. The van der Waals surface area contributed by atoms with Gasteiger partial charge in [0.05, 0.1) is 0 Å². The SMILES string of the molecule is CC(c1cc(O)cc(O)c1)N1CCC(c2ccccc2)C1. The Morgan fingerprint density at radius 1 is 1.05 bits per heavy atom. The standard InChI is InChI=1S/C18H21NO2/c1-13(16-9-17(20)11-18(21)10-16)19-8-7-15(12-19)14-5-3-2-4-6-14/h2-6,9-11,13,15,20-21H,7-8,12H2,1H3. The molecule has 2 unspecified atom stereocenters. The molecule has 2 N–H and O–H groups in total. The van der Waals surface area contributed by atoms with Gasteiger partial charge in [-0.25, -0.2) is 0 Å². The molecule has 0 aromatic heterocycles. The van der Waals surface area contributed by atoms with Crippen LogP contribution in [0.4, 0.5) is 0 Å². The second kappa shape index (κ2) is 5.78. The lowest BCUT2D eigenvalue weighted by molar-refractivity contribution is 0.258. The van der Waals surface area contributed by atoms with E-state index >= 15 is 0 Å². The van der Waals surface area contributed by atoms with Crippen molar-refractivity contribution in [2.45, 2.75) is 25.3 Å². The zero-order chi connectivity index (χ0) is 14.8. The van der Waals surface area contributed by atoms with Gasteiger partial charge in [-0.3, -0.25) is 4.90 Å². The summed E-state index contributed by atoms with van der Waals surface area (Å²) in [4.78, 5) is 2.41. The van der Waals surface area contributed by atoms with Gasteiger partial charge in [-0.1, -0.05) is 30.3 Å². The number of hydrogen-bond donors (Lipinski definition) is 2. The van der Waals surface area contributed by atoms with E-state index in [0.29, 0.717) is 5.92 Å². The molecule has 0 bridgehead atoms. The van der Waals surface area contributed by atoms with Gasteiger partial charge in [-0.05, 0) is 49.1 Å². The lowest BCUT2D eigenvalue weighted by Gasteiger charge is -2.25. The molecule has 2 aromatic carbocycles. The van der Waals surface area contributed by atoms with Gasteiger partial charge < -0.3 is 10.2 Å². The van der Waals surface area contributed by atoms with E-state index in [-0.39, 0.29) is 17.5 Å². The molecule has 1 saturated heterocycles. The van der Waals surface area contributed by atoms with E-state index in [1.165, 1.54) is 11.6 Å². The first kappa shape index (κ1) is 14.0. The predicted molar refractivity (Wildman–Crippen MR) is 83.6 cm³/mol. The third-order valence-corrected chi connectivity index (χ3v) is 4.45. The number of hydrogen-bond acceptors (Lipinski definition) is 3. The molecule has 0 amide bonds. The average Bonchev–Trinajstić information content (AvgIpc) is 2.96. The molecule has 1 aliphatic heterocycles. The van der Waals surface area contributed by atoms with Crippen LogP contribution in [0.25, 0.3) is 0 Å². The summed E-state index contributed by atoms with van der Waals surface area (Å²) >= 11 is 0. The molecular weight excluding hydrogens is 262 g/mol. The van der Waals surface area contributed by atoms with Crippen molar-refractivity contribution in [1.82, 2.24) is 4.90 Å². The van der Waals surface area contributed by atoms with Crippen LogP contribution in [0.5, 0.6) is 11.5 Å². The van der Waals surface area contributed by atoms with Gasteiger partial charge in [0.2, 0.25) is 0 Å². The fourth-order valence-electron chi connectivity index (χ4n) is 3.21. The fraction of sp³-hybridized carbons (Fsp3) is 0.333. The van der Waals surface area contributed by atoms with Gasteiger partial charge in [0, 0.05) is 18.7 Å². The molecular formula is C18H21NO2. The smallest absolute Gasteiger partial charge is 0.119 e. The van der Waals surface area contributed by atoms with Gasteiger partial charge in [-0.15, -0.1) is 0 Å². The van der Waals surface area contributed by atoms with Crippen LogP contribution in [-0.2, 0) is 0 Å². The fourth-order valence-corrected chi connectivity index (χ4v) is 3.21. The highest BCUT2D eigenvalue weighted by molar-refractivity contribution is 5.38. The summed E-state index contributed by atoms with van der Waals surface area (Å²) in [6.45, 7) is 4.18. The molecule has 3 rings (SSSR count). The van der Waals surface area contributed by atoms with Crippen LogP contribution in [-0.4, -0.2) is 28.2 Å². The molecule has 0 spiro atoms. The highest BCUT2D eigenvalue weighted by atomic mass is 16.3. The second-order valence-corrected chi connectivity index (χ2v) is 5.85. The maximum absolute atomic E-state index is 9.64. The predicted octanol–water partition coefficient (Wildman–Crippen LogP) is 3.65. The molecule has 0 saturated carbocycles. The quantitative estimate of drug-likeness (QED) is 0.903. The first-order valence-corrected chi connectivity index (χ1v) is 7.45. The number of rotatable bonds is 3. The average molecular weight is 283 g/mol. The van der Waals surface area contributed by atoms with E-state index < -0.39 is 0 Å². The molecule has 2 atom stereocenters. The molecule has 3 heteroatoms. The lowest BCUT2D eigenvalue weighted by Crippen LogP contribution is -2.24. The number of benzene rings is 2. The second-order valence-electron chi connectivity index (χ2n) is 5.85. The highest BCUT2D eigenvalue weighted by Crippen LogP contribution is 2.34. The Hall–Kier alpha value is -2.00. The van der Waals surface area contributed by atoms with Gasteiger partial charge in [0.15, 0.2) is 0 Å². The number of aromatic hydroxyl groups is 2. The molecule has 110 valence electrons. The third-order valence-electron chi connectivity index (χ3n) is 4.45. The van der Waals surface area contributed by atoms with Crippen LogP contribution in [0.3, 0.4) is 0 Å². The molecule has 21 heavy (non-hydrogen) atoms. The normalized spacial score (nSPS) is 20.5. The van der Waals surface area contributed by atoms with E-state index in [2.05, 4.69) is 36.1 Å². The first-order chi connectivity index (χ1) is 10.1. The van der Waals surface area contributed by atoms with Crippen molar-refractivity contribution in [3.8, 4) is 11.5 Å². The molecule has 0 radical (unpaired) electrons. The van der Waals surface area contributed by atoms with Gasteiger partial charge in [0.1, 0.15) is 11.5 Å². The Labute approximate surface area is 125 Å². The Morgan fingerprint density at radius 2 is 1.71 bits per heavy atom. The monoisotopic (exact) mass is 283 g/mol. The largest absolute Gasteiger partial charge is 0.508 e. The van der Waals surface area contributed by atoms with Crippen LogP contribution >= 0.6 is 0 Å². The summed E-state index contributed by atoms with van der Waals surface area (Å²) in [5.41, 5.74) is 2.35. The molecule has 0 aliphatic carbocycles. The number of phenolic OH excluding ortho intramolecular Hbond substituents is 2. The van der Waals surface area contributed by atoms with Crippen LogP contribution in [0.15, 0.2) is 48.5 Å². The topological polar surface area (TPSA) is 43.7 Å². The first-order valence-electron chi connectivity index (χ1n) is 7.45. The van der Waals surface area contributed by atoms with Crippen molar-refractivity contribution in [3.63, 3.8) is 0 Å². The number of likely N-dealkylation sites (tertiary alicyclic amines) is 1. The van der Waals surface area contributed by atoms with Crippen molar-refractivity contribution in [2.24, 2.45) is 0 Å². The van der Waals surface area contributed by atoms with E-state index in [1.807, 2.05) is 6.07 Å². The summed E-state index contributed by atoms with van der Waals surface area (Å²) < 4.78 is 0. The summed E-state index contributed by atoms with van der Waals surface area (Å²) in [6.07, 6.45) is 1.15. The maximum atomic E-state index is 9.64. The van der Waals surface area contributed by atoms with Crippen LogP contribution < -0.4 is 0 Å². The van der Waals surface area contributed by atoms with Crippen LogP contribution in [0.1, 0.15) is 36.4 Å². The maximum Gasteiger partial charge on any atom is 0.119 e. The van der Waals surface area contributed by atoms with E-state index in [1.54, 1.807) is 12.1 Å². The molecule has 3 nitrogen and oxygen atoms in total. The summed E-state index contributed by atoms with van der Waals surface area (Å²) in [5, 5.41) is 19.3. The van der Waals surface area contributed by atoms with Gasteiger partial charge >= 0.3 is 0 Å². The van der Waals surface area contributed by atoms with Crippen LogP contribution in [0.2, 0.25) is 0 Å². The van der Waals surface area contributed by atoms with Crippen molar-refractivity contribution in [1.29, 1.82) is 0 Å². The lowest BCUT2D eigenvalue weighted by atomic mass is 9.98. The Morgan fingerprint density at radius 3 is 2.38 bits per heavy atom. The Bertz CT molecular complexity index is 592. The summed E-state index contributed by atoms with van der Waals surface area (Å²) in [7, 11) is 0. The minimum Gasteiger partial charge on any atom is -0.508 e. The number of phenols is 2. The van der Waals surface area contributed by atoms with Crippen LogP contribution in [0, 0.1) is 0 Å². The molecule has 2 aromatic rings. The zero-order valence-electron chi connectivity index (χ0n) is 12.2. The van der Waals surface area contributed by atoms with Crippen molar-refractivity contribution in [3.05, 3.63) is 59.7 Å². The zero-order valence-corrected chi connectivity index (χ0v) is 12.2. The minimum atomic E-state index is 0.121. The van der Waals surface area contributed by atoms with E-state index in [0.717, 1.165) is 25.1 Å². The molecule has 1 heterocycles. The van der Waals surface area contributed by atoms with Crippen molar-refractivity contribution in [2.75, 3.05) is 13.1 Å². The summed E-state index contributed by atoms with van der Waals surface area (Å²) in [6, 6.07) is 15.7. The van der Waals surface area contributed by atoms with E-state index in [4.69, 9.17) is 0 Å². The highest BCUT2D eigenvalue weighted by Gasteiger charge is 2.27. The van der Waals surface area contributed by atoms with Crippen molar-refractivity contribution >= 4 is 0 Å². The Kier molecular flexibility index (Phi) is 3.84. The van der Waals surface area contributed by atoms with Gasteiger partial charge in [-0.2, -0.15) is 0 Å². The molecule has 1 fully saturated rings. The minimum absolute atomic E-state index is 0.121.